The lowest BCUT2D eigenvalue weighted by atomic mass is 10.1. The van der Waals surface area contributed by atoms with Gasteiger partial charge in [-0.25, -0.2) is 4.79 Å². The average molecular weight is 329 g/mol. The highest BCUT2D eigenvalue weighted by atomic mass is 32.2. The number of carboxylic acids is 1. The SMILES string of the molecule is O=C(O)C1=CC(CSc2nnc(CO)o2)S[C@@H]2CC(=O)N12. The van der Waals surface area contributed by atoms with Crippen molar-refractivity contribution in [1.82, 2.24) is 15.1 Å². The second kappa shape index (κ2) is 5.70. The monoisotopic (exact) mass is 329 g/mol. The van der Waals surface area contributed by atoms with Crippen molar-refractivity contribution >= 4 is 35.4 Å². The summed E-state index contributed by atoms with van der Waals surface area (Å²) in [5.74, 6) is -0.556. The molecule has 2 aliphatic rings. The van der Waals surface area contributed by atoms with Crippen LogP contribution in [0.1, 0.15) is 12.3 Å². The van der Waals surface area contributed by atoms with Gasteiger partial charge in [-0.15, -0.1) is 22.0 Å². The number of hydrogen-bond acceptors (Lipinski definition) is 8. The summed E-state index contributed by atoms with van der Waals surface area (Å²) in [4.78, 5) is 24.0. The number of carbonyl (C=O) groups is 2. The minimum absolute atomic E-state index is 0.0437. The molecule has 0 spiro atoms. The van der Waals surface area contributed by atoms with Crippen LogP contribution in [0.5, 0.6) is 0 Å². The Bertz CT molecular complexity index is 617. The Morgan fingerprint density at radius 2 is 2.38 bits per heavy atom. The molecule has 1 amide bonds. The fraction of sp³-hybridized carbons (Fsp3) is 0.455. The van der Waals surface area contributed by atoms with Gasteiger partial charge in [-0.3, -0.25) is 9.69 Å². The fourth-order valence-electron chi connectivity index (χ4n) is 2.06. The number of carbonyl (C=O) groups excluding carboxylic acids is 1. The topological polar surface area (TPSA) is 117 Å². The molecule has 21 heavy (non-hydrogen) atoms. The number of β-lactam (4-membered cyclic amide) rings is 1. The quantitative estimate of drug-likeness (QED) is 0.581. The molecular weight excluding hydrogens is 318 g/mol. The summed E-state index contributed by atoms with van der Waals surface area (Å²) < 4.78 is 5.16. The lowest BCUT2D eigenvalue weighted by Gasteiger charge is -2.44. The summed E-state index contributed by atoms with van der Waals surface area (Å²) in [5, 5.41) is 25.6. The lowest BCUT2D eigenvalue weighted by Crippen LogP contribution is -2.54. The molecule has 0 aliphatic carbocycles. The zero-order valence-electron chi connectivity index (χ0n) is 10.6. The molecule has 1 aromatic heterocycles. The van der Waals surface area contributed by atoms with E-state index in [4.69, 9.17) is 14.6 Å². The van der Waals surface area contributed by atoms with Crippen LogP contribution in [-0.4, -0.2) is 53.6 Å². The van der Waals surface area contributed by atoms with Crippen molar-refractivity contribution in [3.05, 3.63) is 17.7 Å². The molecule has 3 rings (SSSR count). The summed E-state index contributed by atoms with van der Waals surface area (Å²) >= 11 is 2.84. The third-order valence-electron chi connectivity index (χ3n) is 3.01. The number of nitrogens with zero attached hydrogens (tertiary/aromatic N) is 3. The van der Waals surface area contributed by atoms with E-state index in [-0.39, 0.29) is 34.7 Å². The third-order valence-corrected chi connectivity index (χ3v) is 5.51. The molecule has 3 heterocycles. The van der Waals surface area contributed by atoms with E-state index in [1.54, 1.807) is 17.8 Å². The number of rotatable bonds is 5. The average Bonchev–Trinajstić information content (AvgIpc) is 2.91. The Morgan fingerprint density at radius 1 is 1.57 bits per heavy atom. The van der Waals surface area contributed by atoms with Crippen LogP contribution in [0.15, 0.2) is 21.4 Å². The Kier molecular flexibility index (Phi) is 3.91. The molecule has 10 heteroatoms. The van der Waals surface area contributed by atoms with Crippen molar-refractivity contribution in [3.63, 3.8) is 0 Å². The highest BCUT2D eigenvalue weighted by Crippen LogP contribution is 2.41. The maximum Gasteiger partial charge on any atom is 0.352 e. The van der Waals surface area contributed by atoms with Gasteiger partial charge in [0, 0.05) is 11.0 Å². The Hall–Kier alpha value is -1.52. The number of thioether (sulfide) groups is 2. The van der Waals surface area contributed by atoms with Gasteiger partial charge >= 0.3 is 5.97 Å². The van der Waals surface area contributed by atoms with Gasteiger partial charge in [0.2, 0.25) is 11.8 Å². The van der Waals surface area contributed by atoms with E-state index in [0.717, 1.165) is 0 Å². The highest BCUT2D eigenvalue weighted by Gasteiger charge is 2.45. The number of hydrogen-bond donors (Lipinski definition) is 2. The van der Waals surface area contributed by atoms with Crippen LogP contribution in [0.4, 0.5) is 0 Å². The molecule has 1 aromatic rings. The van der Waals surface area contributed by atoms with E-state index in [0.29, 0.717) is 17.4 Å². The molecule has 8 nitrogen and oxygen atoms in total. The van der Waals surface area contributed by atoms with Gasteiger partial charge in [-0.05, 0) is 6.08 Å². The standard InChI is InChI=1S/C11H11N3O5S2/c15-3-7-12-13-11(19-7)20-4-5-1-6(10(17)18)14-8(16)2-9(14)21-5/h1,5,9,15H,2-4H2,(H,17,18)/t5?,9-/m1/s1. The molecule has 1 fully saturated rings. The molecule has 0 bridgehead atoms. The van der Waals surface area contributed by atoms with E-state index in [9.17, 15) is 9.59 Å². The van der Waals surface area contributed by atoms with Gasteiger partial charge in [0.05, 0.1) is 11.8 Å². The third kappa shape index (κ3) is 2.78. The van der Waals surface area contributed by atoms with Crippen molar-refractivity contribution in [1.29, 1.82) is 0 Å². The Labute approximate surface area is 127 Å². The second-order valence-corrected chi connectivity index (χ2v) is 6.78. The van der Waals surface area contributed by atoms with Gasteiger partial charge in [0.15, 0.2) is 0 Å². The van der Waals surface area contributed by atoms with Crippen molar-refractivity contribution < 1.29 is 24.2 Å². The zero-order valence-corrected chi connectivity index (χ0v) is 12.3. The molecule has 0 radical (unpaired) electrons. The largest absolute Gasteiger partial charge is 0.477 e. The van der Waals surface area contributed by atoms with Crippen molar-refractivity contribution in [2.75, 3.05) is 5.75 Å². The van der Waals surface area contributed by atoms with Crippen molar-refractivity contribution in [2.24, 2.45) is 0 Å². The maximum atomic E-state index is 11.4. The molecule has 2 atom stereocenters. The molecule has 2 aliphatic heterocycles. The Balaban J connectivity index is 1.67. The first-order valence-electron chi connectivity index (χ1n) is 6.07. The van der Waals surface area contributed by atoms with Gasteiger partial charge in [-0.2, -0.15) is 0 Å². The first kappa shape index (κ1) is 14.4. The highest BCUT2D eigenvalue weighted by molar-refractivity contribution is 8.03. The number of aromatic nitrogens is 2. The summed E-state index contributed by atoms with van der Waals surface area (Å²) in [6.07, 6.45) is 1.95. The van der Waals surface area contributed by atoms with E-state index >= 15 is 0 Å². The number of amides is 1. The maximum absolute atomic E-state index is 11.4. The predicted molar refractivity (Wildman–Crippen MR) is 73.3 cm³/mol. The van der Waals surface area contributed by atoms with Crippen LogP contribution >= 0.6 is 23.5 Å². The molecule has 112 valence electrons. The molecule has 0 aromatic carbocycles. The smallest absolute Gasteiger partial charge is 0.352 e. The molecule has 1 saturated heterocycles. The van der Waals surface area contributed by atoms with Crippen LogP contribution < -0.4 is 0 Å². The van der Waals surface area contributed by atoms with Gasteiger partial charge in [-0.1, -0.05) is 11.8 Å². The van der Waals surface area contributed by atoms with E-state index in [1.807, 2.05) is 0 Å². The Morgan fingerprint density at radius 3 is 3.00 bits per heavy atom. The number of carboxylic acid groups (broad SMARTS) is 1. The number of aliphatic hydroxyl groups excluding tert-OH is 1. The fourth-order valence-corrected chi connectivity index (χ4v) is 4.44. The van der Waals surface area contributed by atoms with Gasteiger partial charge in [0.25, 0.3) is 5.22 Å². The number of fused-ring (bicyclic) bond motifs is 1. The lowest BCUT2D eigenvalue weighted by molar-refractivity contribution is -0.146. The second-order valence-electron chi connectivity index (χ2n) is 4.38. The molecule has 1 unspecified atom stereocenters. The van der Waals surface area contributed by atoms with Crippen LogP contribution in [0.2, 0.25) is 0 Å². The predicted octanol–water partition coefficient (Wildman–Crippen LogP) is 0.296. The molecule has 2 N–H and O–H groups in total. The normalized spacial score (nSPS) is 24.3. The van der Waals surface area contributed by atoms with E-state index in [2.05, 4.69) is 10.2 Å². The van der Waals surface area contributed by atoms with Gasteiger partial charge < -0.3 is 14.6 Å². The summed E-state index contributed by atoms with van der Waals surface area (Å²) in [6.45, 7) is -0.312. The molecular formula is C11H11N3O5S2. The van der Waals surface area contributed by atoms with Gasteiger partial charge in [0.1, 0.15) is 12.3 Å². The first-order chi connectivity index (χ1) is 10.1. The number of aliphatic carboxylic acids is 1. The van der Waals surface area contributed by atoms with Crippen LogP contribution in [0.25, 0.3) is 0 Å². The van der Waals surface area contributed by atoms with E-state index in [1.165, 1.54) is 16.7 Å². The molecule has 0 saturated carbocycles. The van der Waals surface area contributed by atoms with Crippen LogP contribution in [-0.2, 0) is 16.2 Å². The summed E-state index contributed by atoms with van der Waals surface area (Å²) in [6, 6.07) is 0. The summed E-state index contributed by atoms with van der Waals surface area (Å²) in [5.41, 5.74) is 0.0437. The first-order valence-corrected chi connectivity index (χ1v) is 8.00. The number of aliphatic hydroxyl groups is 1. The van der Waals surface area contributed by atoms with Crippen molar-refractivity contribution in [2.45, 2.75) is 28.9 Å². The zero-order chi connectivity index (χ0) is 15.0. The summed E-state index contributed by atoms with van der Waals surface area (Å²) in [7, 11) is 0. The minimum atomic E-state index is -1.09. The minimum Gasteiger partial charge on any atom is -0.477 e. The van der Waals surface area contributed by atoms with E-state index < -0.39 is 5.97 Å². The van der Waals surface area contributed by atoms with Crippen LogP contribution in [0.3, 0.4) is 0 Å². The van der Waals surface area contributed by atoms with Crippen LogP contribution in [0, 0.1) is 0 Å². The van der Waals surface area contributed by atoms with Crippen molar-refractivity contribution in [3.8, 4) is 0 Å².